The van der Waals surface area contributed by atoms with Crippen LogP contribution in [0, 0.1) is 5.82 Å². The first-order valence-corrected chi connectivity index (χ1v) is 6.29. The van der Waals surface area contributed by atoms with E-state index in [9.17, 15) is 9.18 Å². The van der Waals surface area contributed by atoms with Gasteiger partial charge in [-0.05, 0) is 12.1 Å². The predicted octanol–water partition coefficient (Wildman–Crippen LogP) is 3.22. The van der Waals surface area contributed by atoms with Crippen LogP contribution in [0.1, 0.15) is 10.4 Å². The fourth-order valence-electron chi connectivity index (χ4n) is 2.07. The molecule has 1 heterocycles. The Morgan fingerprint density at radius 3 is 2.67 bits per heavy atom. The van der Waals surface area contributed by atoms with Gasteiger partial charge in [0.1, 0.15) is 5.52 Å². The van der Waals surface area contributed by atoms with E-state index in [1.165, 1.54) is 19.4 Å². The van der Waals surface area contributed by atoms with Gasteiger partial charge >= 0.3 is 5.97 Å². The van der Waals surface area contributed by atoms with E-state index in [1.54, 1.807) is 0 Å². The fraction of sp³-hybridized carbons (Fsp3) is 0.0625. The monoisotopic (exact) mass is 282 g/mol. The summed E-state index contributed by atoms with van der Waals surface area (Å²) in [6, 6.07) is 12.0. The molecule has 0 saturated carbocycles. The van der Waals surface area contributed by atoms with Crippen LogP contribution < -0.4 is 0 Å². The normalized spacial score (nSPS) is 10.6. The summed E-state index contributed by atoms with van der Waals surface area (Å²) < 4.78 is 18.6. The van der Waals surface area contributed by atoms with Crippen LogP contribution in [-0.4, -0.2) is 23.0 Å². The molecule has 1 aromatic heterocycles. The first-order valence-electron chi connectivity index (χ1n) is 6.29. The summed E-state index contributed by atoms with van der Waals surface area (Å²) in [5, 5.41) is 0. The fourth-order valence-corrected chi connectivity index (χ4v) is 2.07. The van der Waals surface area contributed by atoms with Crippen molar-refractivity contribution in [2.24, 2.45) is 0 Å². The van der Waals surface area contributed by atoms with Crippen molar-refractivity contribution in [1.29, 1.82) is 0 Å². The Morgan fingerprint density at radius 1 is 1.19 bits per heavy atom. The van der Waals surface area contributed by atoms with Crippen LogP contribution in [0.5, 0.6) is 0 Å². The number of nitrogens with zero attached hydrogens (tertiary/aromatic N) is 2. The molecule has 0 saturated heterocycles. The zero-order chi connectivity index (χ0) is 14.8. The van der Waals surface area contributed by atoms with Gasteiger partial charge in [0.15, 0.2) is 5.82 Å². The summed E-state index contributed by atoms with van der Waals surface area (Å²) in [7, 11) is 1.25. The maximum absolute atomic E-state index is 14.0. The molecule has 0 atom stereocenters. The number of fused-ring (bicyclic) bond motifs is 1. The molecular weight excluding hydrogens is 271 g/mol. The number of ether oxygens (including phenoxy) is 1. The van der Waals surface area contributed by atoms with Gasteiger partial charge < -0.3 is 4.74 Å². The molecular formula is C16H11FN2O2. The van der Waals surface area contributed by atoms with E-state index < -0.39 is 11.8 Å². The van der Waals surface area contributed by atoms with Gasteiger partial charge in [0.25, 0.3) is 0 Å². The number of esters is 1. The van der Waals surface area contributed by atoms with Gasteiger partial charge in [-0.25, -0.2) is 19.2 Å². The van der Waals surface area contributed by atoms with Crippen LogP contribution in [0.3, 0.4) is 0 Å². The van der Waals surface area contributed by atoms with Gasteiger partial charge in [-0.3, -0.25) is 0 Å². The molecule has 5 heteroatoms. The highest BCUT2D eigenvalue weighted by Crippen LogP contribution is 2.22. The molecule has 2 aromatic carbocycles. The molecule has 3 rings (SSSR count). The van der Waals surface area contributed by atoms with Gasteiger partial charge in [-0.2, -0.15) is 0 Å². The second-order valence-electron chi connectivity index (χ2n) is 4.44. The highest BCUT2D eigenvalue weighted by atomic mass is 19.1. The van der Waals surface area contributed by atoms with Gasteiger partial charge in [-0.1, -0.05) is 30.3 Å². The zero-order valence-corrected chi connectivity index (χ0v) is 11.2. The second kappa shape index (κ2) is 5.28. The van der Waals surface area contributed by atoms with Gasteiger partial charge in [0.05, 0.1) is 30.1 Å². The summed E-state index contributed by atoms with van der Waals surface area (Å²) in [6.07, 6.45) is 1.51. The third kappa shape index (κ3) is 2.45. The number of benzene rings is 2. The Morgan fingerprint density at radius 2 is 1.95 bits per heavy atom. The summed E-state index contributed by atoms with van der Waals surface area (Å²) in [5.41, 5.74) is 2.04. The molecule has 0 unspecified atom stereocenters. The van der Waals surface area contributed by atoms with Gasteiger partial charge in [0, 0.05) is 5.56 Å². The van der Waals surface area contributed by atoms with Crippen molar-refractivity contribution in [2.45, 2.75) is 0 Å². The average Bonchev–Trinajstić information content (AvgIpc) is 2.54. The molecule has 0 spiro atoms. The van der Waals surface area contributed by atoms with Crippen LogP contribution >= 0.6 is 0 Å². The van der Waals surface area contributed by atoms with Crippen molar-refractivity contribution >= 4 is 17.0 Å². The molecule has 0 aliphatic carbocycles. The molecule has 3 aromatic rings. The number of hydrogen-bond donors (Lipinski definition) is 0. The summed E-state index contributed by atoms with van der Waals surface area (Å²) in [6.45, 7) is 0. The average molecular weight is 282 g/mol. The Kier molecular flexibility index (Phi) is 3.31. The third-order valence-electron chi connectivity index (χ3n) is 3.09. The van der Waals surface area contributed by atoms with Crippen molar-refractivity contribution < 1.29 is 13.9 Å². The van der Waals surface area contributed by atoms with Crippen molar-refractivity contribution in [3.63, 3.8) is 0 Å². The zero-order valence-electron chi connectivity index (χ0n) is 11.2. The highest BCUT2D eigenvalue weighted by Gasteiger charge is 2.13. The van der Waals surface area contributed by atoms with E-state index in [0.29, 0.717) is 11.2 Å². The van der Waals surface area contributed by atoms with Crippen LogP contribution in [-0.2, 0) is 4.74 Å². The van der Waals surface area contributed by atoms with Gasteiger partial charge in [0.2, 0.25) is 0 Å². The van der Waals surface area contributed by atoms with Crippen molar-refractivity contribution in [1.82, 2.24) is 9.97 Å². The molecule has 21 heavy (non-hydrogen) atoms. The first-order chi connectivity index (χ1) is 10.2. The van der Waals surface area contributed by atoms with Crippen LogP contribution in [0.4, 0.5) is 4.39 Å². The van der Waals surface area contributed by atoms with Crippen molar-refractivity contribution in [2.75, 3.05) is 7.11 Å². The lowest BCUT2D eigenvalue weighted by atomic mass is 10.1. The van der Waals surface area contributed by atoms with E-state index in [0.717, 1.165) is 11.6 Å². The van der Waals surface area contributed by atoms with Crippen LogP contribution in [0.15, 0.2) is 48.7 Å². The van der Waals surface area contributed by atoms with E-state index in [2.05, 4.69) is 14.7 Å². The van der Waals surface area contributed by atoms with Crippen LogP contribution in [0.2, 0.25) is 0 Å². The van der Waals surface area contributed by atoms with E-state index >= 15 is 0 Å². The number of hydrogen-bond acceptors (Lipinski definition) is 4. The standard InChI is InChI=1S/C16H11FN2O2/c1-21-16(20)11-7-12(17)15-13(8-11)19-14(9-18-15)10-5-3-2-4-6-10/h2-9H,1H3. The summed E-state index contributed by atoms with van der Waals surface area (Å²) in [4.78, 5) is 20.0. The number of halogens is 1. The quantitative estimate of drug-likeness (QED) is 0.677. The summed E-state index contributed by atoms with van der Waals surface area (Å²) >= 11 is 0. The van der Waals surface area contributed by atoms with E-state index in [-0.39, 0.29) is 11.1 Å². The third-order valence-corrected chi connectivity index (χ3v) is 3.09. The Labute approximate surface area is 120 Å². The highest BCUT2D eigenvalue weighted by molar-refractivity contribution is 5.93. The smallest absolute Gasteiger partial charge is 0.338 e. The molecule has 0 aliphatic rings. The number of carbonyl (C=O) groups excluding carboxylic acids is 1. The minimum absolute atomic E-state index is 0.113. The van der Waals surface area contributed by atoms with Crippen molar-refractivity contribution in [3.8, 4) is 11.3 Å². The SMILES string of the molecule is COC(=O)c1cc(F)c2ncc(-c3ccccc3)nc2c1. The minimum Gasteiger partial charge on any atom is -0.465 e. The van der Waals surface area contributed by atoms with Gasteiger partial charge in [-0.15, -0.1) is 0 Å². The minimum atomic E-state index is -0.609. The van der Waals surface area contributed by atoms with Crippen LogP contribution in [0.25, 0.3) is 22.3 Å². The Hall–Kier alpha value is -2.82. The molecule has 0 N–H and O–H groups in total. The lowest BCUT2D eigenvalue weighted by Gasteiger charge is -2.05. The van der Waals surface area contributed by atoms with E-state index in [4.69, 9.17) is 0 Å². The number of methoxy groups -OCH3 is 1. The maximum Gasteiger partial charge on any atom is 0.338 e. The number of aromatic nitrogens is 2. The number of rotatable bonds is 2. The van der Waals surface area contributed by atoms with E-state index in [1.807, 2.05) is 30.3 Å². The molecule has 0 bridgehead atoms. The first kappa shape index (κ1) is 13.2. The topological polar surface area (TPSA) is 52.1 Å². The molecule has 104 valence electrons. The molecule has 0 fully saturated rings. The summed E-state index contributed by atoms with van der Waals surface area (Å²) in [5.74, 6) is -1.21. The lowest BCUT2D eigenvalue weighted by molar-refractivity contribution is 0.0600. The largest absolute Gasteiger partial charge is 0.465 e. The Balaban J connectivity index is 2.18. The molecule has 0 aliphatic heterocycles. The maximum atomic E-state index is 14.0. The lowest BCUT2D eigenvalue weighted by Crippen LogP contribution is -2.03. The molecule has 0 amide bonds. The molecule has 0 radical (unpaired) electrons. The Bertz CT molecular complexity index is 819. The predicted molar refractivity (Wildman–Crippen MR) is 76.3 cm³/mol. The second-order valence-corrected chi connectivity index (χ2v) is 4.44. The van der Waals surface area contributed by atoms with Crippen molar-refractivity contribution in [3.05, 3.63) is 60.0 Å². The molecule has 4 nitrogen and oxygen atoms in total. The number of carbonyl (C=O) groups is 1.